The second-order valence-electron chi connectivity index (χ2n) is 14.6. The molecule has 2 aromatic rings. The highest BCUT2D eigenvalue weighted by Gasteiger charge is 2.69. The first-order chi connectivity index (χ1) is 20.5. The van der Waals surface area contributed by atoms with Crippen LogP contribution >= 0.6 is 23.2 Å². The van der Waals surface area contributed by atoms with E-state index >= 15 is 0 Å². The summed E-state index contributed by atoms with van der Waals surface area (Å²) in [5.74, 6) is -0.210. The molecule has 1 heterocycles. The van der Waals surface area contributed by atoms with Crippen LogP contribution in [0.1, 0.15) is 52.9 Å². The van der Waals surface area contributed by atoms with Crippen molar-refractivity contribution in [2.24, 2.45) is 0 Å². The van der Waals surface area contributed by atoms with Gasteiger partial charge in [0.1, 0.15) is 17.3 Å². The first-order valence-corrected chi connectivity index (χ1v) is 18.8. The second kappa shape index (κ2) is 10.8. The molecule has 12 heteroatoms. The summed E-state index contributed by atoms with van der Waals surface area (Å²) >= 11 is 12.1. The number of fused-ring (bicyclic) bond motifs is 1. The van der Waals surface area contributed by atoms with Crippen LogP contribution in [0, 0.1) is 5.82 Å². The Bertz CT molecular complexity index is 1470. The molecule has 4 saturated carbocycles. The Hall–Kier alpha value is -2.53. The van der Waals surface area contributed by atoms with Crippen molar-refractivity contribution in [3.05, 3.63) is 52.3 Å². The minimum atomic E-state index is -1.99. The SMILES string of the molecule is CC(C)(C)[Si](C)(C)OC1(CN2CC(C(=O)NC34CC(NC(=O)COc5ccc(Cl)c(F)c5)(C3)C4)Oc3ccc(Cl)cc32)CC1. The van der Waals surface area contributed by atoms with Crippen molar-refractivity contribution in [3.63, 3.8) is 0 Å². The van der Waals surface area contributed by atoms with Crippen LogP contribution in [0.4, 0.5) is 10.1 Å². The van der Waals surface area contributed by atoms with E-state index in [1.54, 1.807) is 6.07 Å². The van der Waals surface area contributed by atoms with E-state index < -0.39 is 20.2 Å². The largest absolute Gasteiger partial charge is 0.484 e. The summed E-state index contributed by atoms with van der Waals surface area (Å²) < 4.78 is 32.2. The molecule has 0 spiro atoms. The molecule has 2 aromatic carbocycles. The predicted octanol–water partition coefficient (Wildman–Crippen LogP) is 6.24. The molecule has 1 aliphatic heterocycles. The Morgan fingerprint density at radius 2 is 1.75 bits per heavy atom. The molecule has 7 rings (SSSR count). The number of amides is 2. The van der Waals surface area contributed by atoms with Crippen LogP contribution in [0.5, 0.6) is 11.5 Å². The number of hydrogen-bond donors (Lipinski definition) is 2. The number of carbonyl (C=O) groups is 2. The number of benzene rings is 2. The molecule has 238 valence electrons. The van der Waals surface area contributed by atoms with Gasteiger partial charge in [0.15, 0.2) is 21.0 Å². The standard InChI is InChI=1S/C32H40Cl2FN3O5Si/c1-29(2,3)44(4,5)43-32(10-11-32)19-38-14-26(42-25-9-6-20(33)12-24(25)38)28(40)37-31-16-30(17-31,18-31)36-27(39)15-41-21-7-8-22(34)23(35)13-21/h6-9,12-13,26H,10-11,14-19H2,1-5H3,(H,36,39)(H,37,40). The zero-order valence-electron chi connectivity index (χ0n) is 25.8. The number of ether oxygens (including phenoxy) is 2. The average molecular weight is 665 g/mol. The minimum absolute atomic E-state index is 0.00885. The molecule has 4 aliphatic carbocycles. The fourth-order valence-corrected chi connectivity index (χ4v) is 8.47. The number of hydrogen-bond acceptors (Lipinski definition) is 6. The molecular formula is C32H40Cl2FN3O5Si. The molecule has 5 aliphatic rings. The first kappa shape index (κ1) is 31.4. The van der Waals surface area contributed by atoms with Gasteiger partial charge in [-0.3, -0.25) is 9.59 Å². The maximum absolute atomic E-state index is 13.6. The number of anilines is 1. The smallest absolute Gasteiger partial charge is 0.263 e. The maximum atomic E-state index is 13.6. The highest BCUT2D eigenvalue weighted by atomic mass is 35.5. The molecular weight excluding hydrogens is 624 g/mol. The summed E-state index contributed by atoms with van der Waals surface area (Å²) in [6.45, 7) is 12.1. The number of carbonyl (C=O) groups excluding carboxylic acids is 2. The fourth-order valence-electron chi connectivity index (χ4n) is 6.53. The van der Waals surface area contributed by atoms with Gasteiger partial charge in [-0.2, -0.15) is 0 Å². The molecule has 1 unspecified atom stereocenters. The van der Waals surface area contributed by atoms with Gasteiger partial charge in [0.25, 0.3) is 11.8 Å². The molecule has 0 saturated heterocycles. The minimum Gasteiger partial charge on any atom is -0.484 e. The lowest BCUT2D eigenvalue weighted by Crippen LogP contribution is -2.84. The van der Waals surface area contributed by atoms with Crippen molar-refractivity contribution < 1.29 is 27.9 Å². The van der Waals surface area contributed by atoms with Crippen LogP contribution in [0.2, 0.25) is 28.2 Å². The zero-order valence-corrected chi connectivity index (χ0v) is 28.3. The van der Waals surface area contributed by atoms with E-state index in [1.165, 1.54) is 12.1 Å². The van der Waals surface area contributed by atoms with Crippen LogP contribution in [0.3, 0.4) is 0 Å². The number of nitrogens with one attached hydrogen (secondary N) is 2. The van der Waals surface area contributed by atoms with Gasteiger partial charge in [-0.05, 0) is 80.6 Å². The summed E-state index contributed by atoms with van der Waals surface area (Å²) in [5, 5.41) is 6.94. The molecule has 0 aromatic heterocycles. The van der Waals surface area contributed by atoms with Gasteiger partial charge in [0, 0.05) is 28.7 Å². The Labute approximate surface area is 269 Å². The molecule has 1 atom stereocenters. The van der Waals surface area contributed by atoms with Gasteiger partial charge in [-0.1, -0.05) is 44.0 Å². The monoisotopic (exact) mass is 663 g/mol. The van der Waals surface area contributed by atoms with Crippen LogP contribution in [0.25, 0.3) is 0 Å². The zero-order chi connectivity index (χ0) is 31.7. The lowest BCUT2D eigenvalue weighted by atomic mass is 9.44. The van der Waals surface area contributed by atoms with Crippen molar-refractivity contribution in [1.82, 2.24) is 10.6 Å². The van der Waals surface area contributed by atoms with Crippen molar-refractivity contribution in [2.75, 3.05) is 24.6 Å². The van der Waals surface area contributed by atoms with E-state index in [1.807, 2.05) is 12.1 Å². The highest BCUT2D eigenvalue weighted by molar-refractivity contribution is 6.74. The topological polar surface area (TPSA) is 89.1 Å². The van der Waals surface area contributed by atoms with Crippen LogP contribution in [0.15, 0.2) is 36.4 Å². The van der Waals surface area contributed by atoms with E-state index in [0.29, 0.717) is 43.1 Å². The predicted molar refractivity (Wildman–Crippen MR) is 171 cm³/mol. The van der Waals surface area contributed by atoms with Crippen molar-refractivity contribution >= 4 is 49.0 Å². The number of halogens is 3. The molecule has 2 N–H and O–H groups in total. The van der Waals surface area contributed by atoms with Gasteiger partial charge >= 0.3 is 0 Å². The maximum Gasteiger partial charge on any atom is 0.263 e. The molecule has 4 fully saturated rings. The van der Waals surface area contributed by atoms with E-state index in [4.69, 9.17) is 37.1 Å². The number of nitrogens with zero attached hydrogens (tertiary/aromatic N) is 1. The highest BCUT2D eigenvalue weighted by Crippen LogP contribution is 2.60. The lowest BCUT2D eigenvalue weighted by molar-refractivity contribution is -0.153. The molecule has 0 radical (unpaired) electrons. The third-order valence-electron chi connectivity index (χ3n) is 9.86. The van der Waals surface area contributed by atoms with Gasteiger partial charge < -0.3 is 29.4 Å². The summed E-state index contributed by atoms with van der Waals surface area (Å²) in [6.07, 6.45) is 3.20. The van der Waals surface area contributed by atoms with E-state index in [9.17, 15) is 14.0 Å². The average Bonchev–Trinajstić information content (AvgIpc) is 3.64. The van der Waals surface area contributed by atoms with Crippen molar-refractivity contribution in [3.8, 4) is 11.5 Å². The molecule has 44 heavy (non-hydrogen) atoms. The summed E-state index contributed by atoms with van der Waals surface area (Å²) in [6, 6.07) is 9.54. The molecule has 8 nitrogen and oxygen atoms in total. The Kier molecular flexibility index (Phi) is 7.71. The summed E-state index contributed by atoms with van der Waals surface area (Å²) in [7, 11) is -1.99. The quantitative estimate of drug-likeness (QED) is 0.293. The number of rotatable bonds is 10. The summed E-state index contributed by atoms with van der Waals surface area (Å²) in [5.41, 5.74) is -0.0730. The normalized spacial score (nSPS) is 26.4. The van der Waals surface area contributed by atoms with Gasteiger partial charge in [-0.25, -0.2) is 4.39 Å². The Balaban J connectivity index is 1.05. The van der Waals surface area contributed by atoms with Crippen LogP contribution in [-0.2, 0) is 14.0 Å². The third kappa shape index (κ3) is 6.15. The van der Waals surface area contributed by atoms with E-state index in [0.717, 1.165) is 24.6 Å². The lowest BCUT2D eigenvalue weighted by Gasteiger charge is -2.70. The molecule has 2 bridgehead atoms. The van der Waals surface area contributed by atoms with Crippen molar-refractivity contribution in [2.45, 2.75) is 93.8 Å². The molecule has 2 amide bonds. The summed E-state index contributed by atoms with van der Waals surface area (Å²) in [4.78, 5) is 28.3. The Morgan fingerprint density at radius 1 is 1.07 bits per heavy atom. The van der Waals surface area contributed by atoms with Crippen LogP contribution in [-0.4, -0.2) is 62.6 Å². The Morgan fingerprint density at radius 3 is 2.39 bits per heavy atom. The fraction of sp³-hybridized carbons (Fsp3) is 0.562. The van der Waals surface area contributed by atoms with E-state index in [-0.39, 0.29) is 50.9 Å². The second-order valence-corrected chi connectivity index (χ2v) is 20.2. The third-order valence-corrected chi connectivity index (χ3v) is 15.0. The van der Waals surface area contributed by atoms with Crippen LogP contribution < -0.4 is 25.0 Å². The van der Waals surface area contributed by atoms with Gasteiger partial charge in [0.2, 0.25) is 0 Å². The first-order valence-electron chi connectivity index (χ1n) is 15.1. The van der Waals surface area contributed by atoms with Gasteiger partial charge in [0.05, 0.1) is 22.9 Å². The van der Waals surface area contributed by atoms with Crippen molar-refractivity contribution in [1.29, 1.82) is 0 Å². The van der Waals surface area contributed by atoms with E-state index in [2.05, 4.69) is 49.4 Å². The van der Waals surface area contributed by atoms with Gasteiger partial charge in [-0.15, -0.1) is 0 Å².